The average Bonchev–Trinajstić information content (AvgIpc) is 3.14. The van der Waals surface area contributed by atoms with E-state index in [1.807, 2.05) is 78.9 Å². The maximum absolute atomic E-state index is 12.6. The molecular formula is C25H20N2O3. The van der Waals surface area contributed by atoms with Gasteiger partial charge in [-0.2, -0.15) is 0 Å². The number of ether oxygens (including phenoxy) is 1. The number of amides is 1. The first-order valence-electron chi connectivity index (χ1n) is 9.74. The van der Waals surface area contributed by atoms with Crippen LogP contribution in [-0.2, 0) is 4.79 Å². The predicted octanol–water partition coefficient (Wildman–Crippen LogP) is 5.80. The molecule has 1 heterocycles. The molecule has 0 bridgehead atoms. The molecule has 0 unspecified atom stereocenters. The van der Waals surface area contributed by atoms with Crippen LogP contribution in [0.15, 0.2) is 83.3 Å². The van der Waals surface area contributed by atoms with Crippen molar-refractivity contribution in [2.45, 2.75) is 0 Å². The van der Waals surface area contributed by atoms with Crippen LogP contribution < -0.4 is 15.4 Å². The van der Waals surface area contributed by atoms with Crippen molar-refractivity contribution in [3.63, 3.8) is 0 Å². The highest BCUT2D eigenvalue weighted by atomic mass is 16.5. The predicted molar refractivity (Wildman–Crippen MR) is 121 cm³/mol. The number of nitrogens with one attached hydrogen (secondary N) is 2. The molecule has 0 saturated carbocycles. The molecule has 4 aromatic carbocycles. The van der Waals surface area contributed by atoms with Crippen molar-refractivity contribution in [3.05, 3.63) is 78.9 Å². The van der Waals surface area contributed by atoms with Gasteiger partial charge in [-0.1, -0.05) is 54.6 Å². The molecule has 0 aliphatic rings. The molecule has 2 N–H and O–H groups in total. The van der Waals surface area contributed by atoms with E-state index in [-0.39, 0.29) is 12.5 Å². The number of carbonyl (C=O) groups is 1. The summed E-state index contributed by atoms with van der Waals surface area (Å²) in [5.41, 5.74) is 3.00. The van der Waals surface area contributed by atoms with Crippen molar-refractivity contribution in [2.75, 3.05) is 24.3 Å². The number of hydrogen-bond donors (Lipinski definition) is 2. The molecule has 1 aromatic heterocycles. The Morgan fingerprint density at radius 3 is 2.47 bits per heavy atom. The Bertz CT molecular complexity index is 1380. The molecule has 0 radical (unpaired) electrons. The first-order valence-corrected chi connectivity index (χ1v) is 9.74. The maximum Gasteiger partial charge on any atom is 0.243 e. The third-order valence-electron chi connectivity index (χ3n) is 5.20. The van der Waals surface area contributed by atoms with E-state index in [4.69, 9.17) is 9.15 Å². The quantitative estimate of drug-likeness (QED) is 0.394. The highest BCUT2D eigenvalue weighted by Gasteiger charge is 2.14. The molecule has 5 aromatic rings. The van der Waals surface area contributed by atoms with Crippen molar-refractivity contribution in [1.82, 2.24) is 0 Å². The zero-order chi connectivity index (χ0) is 20.5. The molecule has 148 valence electrons. The lowest BCUT2D eigenvalue weighted by Gasteiger charge is -2.12. The van der Waals surface area contributed by atoms with E-state index in [1.54, 1.807) is 7.11 Å². The molecule has 30 heavy (non-hydrogen) atoms. The van der Waals surface area contributed by atoms with Crippen molar-refractivity contribution in [2.24, 2.45) is 0 Å². The summed E-state index contributed by atoms with van der Waals surface area (Å²) in [5.74, 6) is 0.421. The van der Waals surface area contributed by atoms with Crippen LogP contribution in [-0.4, -0.2) is 19.6 Å². The lowest BCUT2D eigenvalue weighted by atomic mass is 10.1. The Balaban J connectivity index is 1.39. The minimum atomic E-state index is -0.170. The van der Waals surface area contributed by atoms with Crippen LogP contribution >= 0.6 is 0 Å². The Morgan fingerprint density at radius 2 is 1.60 bits per heavy atom. The monoisotopic (exact) mass is 396 g/mol. The minimum absolute atomic E-state index is 0.134. The van der Waals surface area contributed by atoms with Gasteiger partial charge in [-0.25, -0.2) is 0 Å². The molecule has 5 heteroatoms. The van der Waals surface area contributed by atoms with Crippen LogP contribution in [0.3, 0.4) is 0 Å². The fourth-order valence-electron chi connectivity index (χ4n) is 3.77. The van der Waals surface area contributed by atoms with Crippen molar-refractivity contribution in [1.29, 1.82) is 0 Å². The summed E-state index contributed by atoms with van der Waals surface area (Å²) in [5, 5.41) is 10.3. The number of hydrogen-bond acceptors (Lipinski definition) is 4. The van der Waals surface area contributed by atoms with Crippen LogP contribution in [0.1, 0.15) is 0 Å². The lowest BCUT2D eigenvalue weighted by Crippen LogP contribution is -2.22. The second kappa shape index (κ2) is 7.44. The first kappa shape index (κ1) is 18.1. The fourth-order valence-corrected chi connectivity index (χ4v) is 3.77. The number of methoxy groups -OCH3 is 1. The topological polar surface area (TPSA) is 63.5 Å². The lowest BCUT2D eigenvalue weighted by molar-refractivity contribution is -0.114. The number of rotatable bonds is 5. The molecule has 0 fully saturated rings. The second-order valence-corrected chi connectivity index (χ2v) is 7.08. The Kier molecular flexibility index (Phi) is 4.48. The van der Waals surface area contributed by atoms with Gasteiger partial charge in [0, 0.05) is 27.9 Å². The van der Waals surface area contributed by atoms with Gasteiger partial charge in [0.2, 0.25) is 5.91 Å². The SMILES string of the molecule is COc1cc2c(cc1NC(=O)CNc1cccc3ccccc13)oc1ccccc12. The van der Waals surface area contributed by atoms with E-state index in [1.165, 1.54) is 0 Å². The van der Waals surface area contributed by atoms with Gasteiger partial charge in [0.25, 0.3) is 0 Å². The van der Waals surface area contributed by atoms with Gasteiger partial charge in [-0.3, -0.25) is 4.79 Å². The van der Waals surface area contributed by atoms with Crippen LogP contribution in [0, 0.1) is 0 Å². The van der Waals surface area contributed by atoms with Crippen LogP contribution in [0.5, 0.6) is 5.75 Å². The summed E-state index contributed by atoms with van der Waals surface area (Å²) in [6.45, 7) is 0.134. The van der Waals surface area contributed by atoms with E-state index in [2.05, 4.69) is 10.6 Å². The van der Waals surface area contributed by atoms with Gasteiger partial charge in [-0.15, -0.1) is 0 Å². The van der Waals surface area contributed by atoms with Gasteiger partial charge in [0.15, 0.2) is 0 Å². The summed E-state index contributed by atoms with van der Waals surface area (Å²) < 4.78 is 11.4. The standard InChI is InChI=1S/C25H20N2O3/c1-29-24-13-19-18-10-4-5-12-22(18)30-23(19)14-21(24)27-25(28)15-26-20-11-6-8-16-7-2-3-9-17(16)20/h2-14,26H,15H2,1H3,(H,27,28). The largest absolute Gasteiger partial charge is 0.495 e. The summed E-state index contributed by atoms with van der Waals surface area (Å²) in [4.78, 5) is 12.6. The van der Waals surface area contributed by atoms with Crippen molar-refractivity contribution < 1.29 is 13.9 Å². The van der Waals surface area contributed by atoms with Crippen LogP contribution in [0.2, 0.25) is 0 Å². The normalized spacial score (nSPS) is 11.1. The van der Waals surface area contributed by atoms with Crippen molar-refractivity contribution in [3.8, 4) is 5.75 Å². The summed E-state index contributed by atoms with van der Waals surface area (Å²) in [7, 11) is 1.59. The fraction of sp³-hybridized carbons (Fsp3) is 0.0800. The summed E-state index contributed by atoms with van der Waals surface area (Å²) >= 11 is 0. The van der Waals surface area contributed by atoms with Gasteiger partial charge >= 0.3 is 0 Å². The molecule has 5 rings (SSSR count). The Morgan fingerprint density at radius 1 is 0.833 bits per heavy atom. The number of benzene rings is 4. The highest BCUT2D eigenvalue weighted by Crippen LogP contribution is 2.36. The third-order valence-corrected chi connectivity index (χ3v) is 5.20. The molecule has 1 amide bonds. The van der Waals surface area contributed by atoms with Gasteiger partial charge in [0.05, 0.1) is 19.3 Å². The number of anilines is 2. The minimum Gasteiger partial charge on any atom is -0.495 e. The van der Waals surface area contributed by atoms with Gasteiger partial charge in [-0.05, 0) is 23.6 Å². The zero-order valence-electron chi connectivity index (χ0n) is 16.4. The second-order valence-electron chi connectivity index (χ2n) is 7.08. The number of para-hydroxylation sites is 1. The van der Waals surface area contributed by atoms with E-state index in [9.17, 15) is 4.79 Å². The number of fused-ring (bicyclic) bond motifs is 4. The van der Waals surface area contributed by atoms with Gasteiger partial charge in [0.1, 0.15) is 16.9 Å². The first-order chi connectivity index (χ1) is 14.7. The van der Waals surface area contributed by atoms with Crippen molar-refractivity contribution >= 4 is 50.0 Å². The molecule has 0 atom stereocenters. The summed E-state index contributed by atoms with van der Waals surface area (Å²) in [6.07, 6.45) is 0. The van der Waals surface area contributed by atoms with E-state index >= 15 is 0 Å². The molecule has 0 spiro atoms. The van der Waals surface area contributed by atoms with Crippen LogP contribution in [0.4, 0.5) is 11.4 Å². The molecule has 0 aliphatic heterocycles. The van der Waals surface area contributed by atoms with Crippen LogP contribution in [0.25, 0.3) is 32.7 Å². The number of furan rings is 1. The Labute approximate surface area is 173 Å². The highest BCUT2D eigenvalue weighted by molar-refractivity contribution is 6.08. The molecular weight excluding hydrogens is 376 g/mol. The average molecular weight is 396 g/mol. The van der Waals surface area contributed by atoms with E-state index < -0.39 is 0 Å². The maximum atomic E-state index is 12.6. The van der Waals surface area contributed by atoms with E-state index in [0.29, 0.717) is 17.0 Å². The molecule has 0 aliphatic carbocycles. The zero-order valence-corrected chi connectivity index (χ0v) is 16.4. The third kappa shape index (κ3) is 3.20. The molecule has 5 nitrogen and oxygen atoms in total. The number of carbonyl (C=O) groups excluding carboxylic acids is 1. The Hall–Kier alpha value is -3.99. The van der Waals surface area contributed by atoms with Gasteiger partial charge < -0.3 is 19.8 Å². The summed E-state index contributed by atoms with van der Waals surface area (Å²) in [6, 6.07) is 25.6. The van der Waals surface area contributed by atoms with E-state index in [0.717, 1.165) is 32.8 Å². The molecule has 0 saturated heterocycles. The smallest absolute Gasteiger partial charge is 0.243 e.